The molecule has 4 aromatic rings. The van der Waals surface area contributed by atoms with Gasteiger partial charge in [0.25, 0.3) is 0 Å². The normalized spacial score (nSPS) is 19.1. The molecular formula is C39H47N7O5. The van der Waals surface area contributed by atoms with Gasteiger partial charge in [0.1, 0.15) is 17.7 Å². The van der Waals surface area contributed by atoms with Crippen LogP contribution in [0.1, 0.15) is 88.2 Å². The second-order valence-corrected chi connectivity index (χ2v) is 13.8. The molecule has 3 amide bonds. The van der Waals surface area contributed by atoms with Crippen molar-refractivity contribution in [2.75, 3.05) is 27.3 Å². The van der Waals surface area contributed by atoms with Gasteiger partial charge < -0.3 is 34.6 Å². The van der Waals surface area contributed by atoms with Crippen LogP contribution in [-0.2, 0) is 19.1 Å². The van der Waals surface area contributed by atoms with Gasteiger partial charge >= 0.3 is 6.09 Å². The zero-order valence-electron chi connectivity index (χ0n) is 30.2. The number of hydrogen-bond donors (Lipinski definition) is 3. The number of nitrogens with one attached hydrogen (secondary N) is 3. The van der Waals surface area contributed by atoms with Crippen molar-refractivity contribution in [1.29, 1.82) is 0 Å². The van der Waals surface area contributed by atoms with E-state index in [1.165, 1.54) is 7.11 Å². The molecule has 6 rings (SSSR count). The van der Waals surface area contributed by atoms with Gasteiger partial charge in [-0.3, -0.25) is 9.59 Å². The summed E-state index contributed by atoms with van der Waals surface area (Å²) in [6, 6.07) is 12.9. The number of H-pyrrole nitrogens is 2. The monoisotopic (exact) mass is 693 g/mol. The number of methoxy groups -OCH3 is 2. The summed E-state index contributed by atoms with van der Waals surface area (Å²) in [6.45, 7) is 8.96. The van der Waals surface area contributed by atoms with E-state index >= 15 is 0 Å². The van der Waals surface area contributed by atoms with E-state index in [1.807, 2.05) is 81.3 Å². The van der Waals surface area contributed by atoms with E-state index in [0.29, 0.717) is 6.54 Å². The van der Waals surface area contributed by atoms with E-state index in [0.717, 1.165) is 77.3 Å². The predicted molar refractivity (Wildman–Crippen MR) is 193 cm³/mol. The molecule has 0 bridgehead atoms. The lowest BCUT2D eigenvalue weighted by Crippen LogP contribution is -2.51. The number of ether oxygens (including phenoxy) is 2. The molecule has 0 radical (unpaired) electrons. The SMILES string of the molecule is COC(=O)N[C@H](C(=O)N1CCC[C@H]1c1nc(-c2ccc(C#Cc3ccc4[nH]c([C@@H]5CCCN5C(=O)[C@@H](C)[C@@H](C)OC)nc4c3)cc2)c[nH]1)C(C)C. The van der Waals surface area contributed by atoms with Crippen LogP contribution in [0, 0.1) is 23.7 Å². The number of rotatable bonds is 9. The van der Waals surface area contributed by atoms with Crippen LogP contribution in [-0.4, -0.2) is 87.1 Å². The fraction of sp³-hybridized carbons (Fsp3) is 0.462. The van der Waals surface area contributed by atoms with E-state index in [2.05, 4.69) is 27.1 Å². The largest absolute Gasteiger partial charge is 0.453 e. The lowest BCUT2D eigenvalue weighted by molar-refractivity contribution is -0.140. The summed E-state index contributed by atoms with van der Waals surface area (Å²) in [4.78, 5) is 58.8. The quantitative estimate of drug-likeness (QED) is 0.190. The highest BCUT2D eigenvalue weighted by Crippen LogP contribution is 2.34. The van der Waals surface area contributed by atoms with Gasteiger partial charge in [-0.1, -0.05) is 44.7 Å². The van der Waals surface area contributed by atoms with Gasteiger partial charge in [-0.2, -0.15) is 0 Å². The standard InChI is InChI=1S/C39H47N7O5/c1-23(2)34(44-39(49)51-6)38(48)46-20-7-9-32(46)35-40-22-31(43-35)28-16-13-26(14-17-28)11-12-27-15-18-29-30(21-27)42-36(41-29)33-10-8-19-45(33)37(47)24(3)25(4)50-5/h13-18,21-25,32-34H,7-10,19-20H2,1-6H3,(H,40,43)(H,41,42)(H,44,49)/t24-,25+,32-,33-,34-/m0/s1. The summed E-state index contributed by atoms with van der Waals surface area (Å²) >= 11 is 0. The Kier molecular flexibility index (Phi) is 10.8. The van der Waals surface area contributed by atoms with E-state index in [-0.39, 0.29) is 41.8 Å². The van der Waals surface area contributed by atoms with Crippen molar-refractivity contribution in [3.05, 3.63) is 71.4 Å². The third kappa shape index (κ3) is 7.64. The number of alkyl carbamates (subject to hydrolysis) is 1. The van der Waals surface area contributed by atoms with E-state index in [9.17, 15) is 14.4 Å². The highest BCUT2D eigenvalue weighted by Gasteiger charge is 2.38. The summed E-state index contributed by atoms with van der Waals surface area (Å²) in [6.07, 6.45) is 4.53. The number of hydrogen-bond acceptors (Lipinski definition) is 7. The van der Waals surface area contributed by atoms with E-state index < -0.39 is 12.1 Å². The van der Waals surface area contributed by atoms with Crippen molar-refractivity contribution in [3.8, 4) is 23.1 Å². The Labute approximate surface area is 298 Å². The number of aromatic amines is 2. The summed E-state index contributed by atoms with van der Waals surface area (Å²) in [5, 5.41) is 2.69. The summed E-state index contributed by atoms with van der Waals surface area (Å²) in [7, 11) is 2.93. The first kappa shape index (κ1) is 35.7. The van der Waals surface area contributed by atoms with Crippen LogP contribution in [0.5, 0.6) is 0 Å². The minimum absolute atomic E-state index is 0.0813. The first-order chi connectivity index (χ1) is 24.6. The molecule has 2 fully saturated rings. The Morgan fingerprint density at radius 2 is 1.51 bits per heavy atom. The van der Waals surface area contributed by atoms with Crippen LogP contribution in [0.15, 0.2) is 48.7 Å². The van der Waals surface area contributed by atoms with Crippen LogP contribution in [0.4, 0.5) is 4.79 Å². The second kappa shape index (κ2) is 15.4. The molecule has 51 heavy (non-hydrogen) atoms. The molecule has 2 aliphatic rings. The first-order valence-electron chi connectivity index (χ1n) is 17.7. The molecule has 2 aliphatic heterocycles. The van der Waals surface area contributed by atoms with Crippen molar-refractivity contribution in [3.63, 3.8) is 0 Å². The molecule has 3 N–H and O–H groups in total. The summed E-state index contributed by atoms with van der Waals surface area (Å²) in [5.41, 5.74) is 5.16. The number of nitrogens with zero attached hydrogens (tertiary/aromatic N) is 4. The molecule has 0 saturated carbocycles. The third-order valence-corrected chi connectivity index (χ3v) is 10.2. The van der Waals surface area contributed by atoms with Crippen molar-refractivity contribution in [1.82, 2.24) is 35.1 Å². The van der Waals surface area contributed by atoms with Crippen molar-refractivity contribution < 1.29 is 23.9 Å². The molecule has 0 spiro atoms. The molecule has 0 unspecified atom stereocenters. The number of amides is 3. The molecule has 5 atom stereocenters. The van der Waals surface area contributed by atoms with Crippen molar-refractivity contribution in [2.45, 2.75) is 77.6 Å². The van der Waals surface area contributed by atoms with Gasteiger partial charge in [-0.15, -0.1) is 0 Å². The molecule has 268 valence electrons. The Morgan fingerprint density at radius 1 is 0.863 bits per heavy atom. The third-order valence-electron chi connectivity index (χ3n) is 10.2. The molecule has 12 nitrogen and oxygen atoms in total. The van der Waals surface area contributed by atoms with Gasteiger partial charge in [0, 0.05) is 43.1 Å². The van der Waals surface area contributed by atoms with Crippen molar-refractivity contribution in [2.24, 2.45) is 11.8 Å². The fourth-order valence-corrected chi connectivity index (χ4v) is 6.96. The van der Waals surface area contributed by atoms with E-state index in [1.54, 1.807) is 12.0 Å². The van der Waals surface area contributed by atoms with Crippen LogP contribution in [0.2, 0.25) is 0 Å². The molecule has 2 aromatic heterocycles. The molecule has 2 saturated heterocycles. The second-order valence-electron chi connectivity index (χ2n) is 13.8. The number of carbonyl (C=O) groups is 3. The predicted octanol–water partition coefficient (Wildman–Crippen LogP) is 5.73. The van der Waals surface area contributed by atoms with Gasteiger partial charge in [0.05, 0.1) is 47.9 Å². The maximum Gasteiger partial charge on any atom is 0.407 e. The Balaban J connectivity index is 1.12. The average molecular weight is 694 g/mol. The number of fused-ring (bicyclic) bond motifs is 1. The fourth-order valence-electron chi connectivity index (χ4n) is 6.96. The lowest BCUT2D eigenvalue weighted by atomic mass is 10.0. The number of aromatic nitrogens is 4. The molecule has 0 aliphatic carbocycles. The average Bonchev–Trinajstić information content (AvgIpc) is 3.97. The molecule has 2 aromatic carbocycles. The van der Waals surface area contributed by atoms with Crippen LogP contribution >= 0.6 is 0 Å². The minimum Gasteiger partial charge on any atom is -0.453 e. The van der Waals surface area contributed by atoms with Crippen LogP contribution in [0.25, 0.3) is 22.3 Å². The number of benzene rings is 2. The van der Waals surface area contributed by atoms with Crippen LogP contribution < -0.4 is 5.32 Å². The Hall–Kier alpha value is -5.15. The topological polar surface area (TPSA) is 146 Å². The lowest BCUT2D eigenvalue weighted by Gasteiger charge is -2.29. The Bertz CT molecular complexity index is 1940. The first-order valence-corrected chi connectivity index (χ1v) is 17.7. The maximum atomic E-state index is 13.5. The minimum atomic E-state index is -0.681. The van der Waals surface area contributed by atoms with Gasteiger partial charge in [-0.25, -0.2) is 14.8 Å². The van der Waals surface area contributed by atoms with Gasteiger partial charge in [-0.05, 0) is 68.9 Å². The summed E-state index contributed by atoms with van der Waals surface area (Å²) < 4.78 is 10.2. The van der Waals surface area contributed by atoms with Crippen LogP contribution in [0.3, 0.4) is 0 Å². The van der Waals surface area contributed by atoms with E-state index in [4.69, 9.17) is 19.4 Å². The highest BCUT2D eigenvalue weighted by molar-refractivity contribution is 5.86. The highest BCUT2D eigenvalue weighted by atomic mass is 16.5. The molecule has 12 heteroatoms. The zero-order chi connectivity index (χ0) is 36.2. The summed E-state index contributed by atoms with van der Waals surface area (Å²) in [5.74, 6) is 7.68. The molecular weight excluding hydrogens is 646 g/mol. The Morgan fingerprint density at radius 3 is 2.18 bits per heavy atom. The zero-order valence-corrected chi connectivity index (χ0v) is 30.2. The van der Waals surface area contributed by atoms with Crippen molar-refractivity contribution >= 4 is 28.9 Å². The smallest absolute Gasteiger partial charge is 0.407 e. The number of carbonyl (C=O) groups excluding carboxylic acids is 3. The number of likely N-dealkylation sites (tertiary alicyclic amines) is 2. The molecule has 4 heterocycles. The maximum absolute atomic E-state index is 13.5. The van der Waals surface area contributed by atoms with Gasteiger partial charge in [0.2, 0.25) is 11.8 Å². The van der Waals surface area contributed by atoms with Gasteiger partial charge in [0.15, 0.2) is 0 Å². The number of imidazole rings is 2.